The Morgan fingerprint density at radius 2 is 1.73 bits per heavy atom. The predicted octanol–water partition coefficient (Wildman–Crippen LogP) is 5.88. The maximum absolute atomic E-state index is 14.0. The van der Waals surface area contributed by atoms with Crippen molar-refractivity contribution < 1.29 is 4.79 Å². The van der Waals surface area contributed by atoms with Crippen LogP contribution in [0, 0.1) is 13.8 Å². The third kappa shape index (κ3) is 5.07. The Kier molecular flexibility index (Phi) is 7.23. The standard InChI is InChI=1S/C35H42N8O/c1-20-12-21(2)14-24(13-20)31-30(22(3)17-36-11-10-23-15-29-33(37-18-23)41-42-40-29)28-16-25(19-38-32(28)39-31)35(4,5)34(44)43-26-6-7-27(43)9-8-26/h12-16,18-19,22,26-27,36H,6-11,17H2,1-5H3,(H,38,39)(H,37,40,41,42). The molecule has 3 N–H and O–H groups in total. The Labute approximate surface area is 258 Å². The minimum Gasteiger partial charge on any atom is -0.339 e. The molecule has 6 heterocycles. The largest absolute Gasteiger partial charge is 0.339 e. The molecular formula is C35H42N8O. The number of fused-ring (bicyclic) bond motifs is 4. The molecule has 7 rings (SSSR count). The van der Waals surface area contributed by atoms with Crippen LogP contribution in [0.5, 0.6) is 0 Å². The Bertz CT molecular complexity index is 1810. The first-order valence-electron chi connectivity index (χ1n) is 16.0. The van der Waals surface area contributed by atoms with Gasteiger partial charge in [0.15, 0.2) is 0 Å². The quantitative estimate of drug-likeness (QED) is 0.185. The van der Waals surface area contributed by atoms with Crippen LogP contribution in [0.3, 0.4) is 0 Å². The molecule has 0 aliphatic carbocycles. The number of aryl methyl sites for hydroxylation is 2. The summed E-state index contributed by atoms with van der Waals surface area (Å²) in [5.41, 5.74) is 9.71. The number of benzene rings is 1. The fourth-order valence-corrected chi connectivity index (χ4v) is 7.55. The number of amides is 1. The summed E-state index contributed by atoms with van der Waals surface area (Å²) in [6.07, 6.45) is 9.19. The molecule has 2 saturated heterocycles. The molecule has 2 aliphatic rings. The maximum atomic E-state index is 14.0. The van der Waals surface area contributed by atoms with Crippen LogP contribution in [0.2, 0.25) is 0 Å². The molecule has 2 aliphatic heterocycles. The molecule has 0 spiro atoms. The van der Waals surface area contributed by atoms with Crippen molar-refractivity contribution in [2.75, 3.05) is 13.1 Å². The summed E-state index contributed by atoms with van der Waals surface area (Å²) in [6, 6.07) is 11.8. The number of nitrogens with one attached hydrogen (secondary N) is 3. The van der Waals surface area contributed by atoms with Crippen LogP contribution in [-0.4, -0.2) is 66.3 Å². The third-order valence-electron chi connectivity index (χ3n) is 9.91. The molecule has 1 unspecified atom stereocenters. The minimum absolute atomic E-state index is 0.195. The molecule has 2 bridgehead atoms. The van der Waals surface area contributed by atoms with E-state index in [1.807, 2.05) is 18.5 Å². The summed E-state index contributed by atoms with van der Waals surface area (Å²) in [5.74, 6) is 0.435. The van der Waals surface area contributed by atoms with Crippen LogP contribution < -0.4 is 5.32 Å². The van der Waals surface area contributed by atoms with Gasteiger partial charge in [0.25, 0.3) is 0 Å². The number of hydrogen-bond acceptors (Lipinski definition) is 6. The molecule has 0 saturated carbocycles. The predicted molar refractivity (Wildman–Crippen MR) is 174 cm³/mol. The zero-order chi connectivity index (χ0) is 30.6. The van der Waals surface area contributed by atoms with E-state index in [1.165, 1.54) is 22.3 Å². The van der Waals surface area contributed by atoms with Gasteiger partial charge < -0.3 is 15.2 Å². The first-order chi connectivity index (χ1) is 21.2. The smallest absolute Gasteiger partial charge is 0.233 e. The Morgan fingerprint density at radius 3 is 2.45 bits per heavy atom. The molecule has 9 nitrogen and oxygen atoms in total. The van der Waals surface area contributed by atoms with Gasteiger partial charge in [-0.1, -0.05) is 24.1 Å². The Balaban J connectivity index is 1.19. The zero-order valence-electron chi connectivity index (χ0n) is 26.4. The van der Waals surface area contributed by atoms with E-state index < -0.39 is 5.41 Å². The lowest BCUT2D eigenvalue weighted by Gasteiger charge is -2.32. The number of nitrogens with zero attached hydrogens (tertiary/aromatic N) is 5. The van der Waals surface area contributed by atoms with Gasteiger partial charge in [-0.2, -0.15) is 10.3 Å². The topological polar surface area (TPSA) is 115 Å². The van der Waals surface area contributed by atoms with E-state index in [0.29, 0.717) is 17.7 Å². The molecule has 9 heteroatoms. The van der Waals surface area contributed by atoms with Crippen molar-refractivity contribution in [1.82, 2.24) is 40.6 Å². The lowest BCUT2D eigenvalue weighted by atomic mass is 9.82. The highest BCUT2D eigenvalue weighted by atomic mass is 16.2. The van der Waals surface area contributed by atoms with Crippen molar-refractivity contribution in [3.05, 3.63) is 70.5 Å². The van der Waals surface area contributed by atoms with Gasteiger partial charge in [-0.05, 0) is 119 Å². The lowest BCUT2D eigenvalue weighted by Crippen LogP contribution is -2.46. The molecule has 2 fully saturated rings. The van der Waals surface area contributed by atoms with Crippen LogP contribution in [0.25, 0.3) is 33.5 Å². The molecule has 5 aromatic rings. The molecule has 4 aromatic heterocycles. The first kappa shape index (κ1) is 28.6. The van der Waals surface area contributed by atoms with Crippen LogP contribution in [-0.2, 0) is 16.6 Å². The average molecular weight is 591 g/mol. The van der Waals surface area contributed by atoms with E-state index >= 15 is 0 Å². The van der Waals surface area contributed by atoms with Crippen molar-refractivity contribution in [3.8, 4) is 11.3 Å². The number of hydrogen-bond donors (Lipinski definition) is 3. The van der Waals surface area contributed by atoms with Crippen molar-refractivity contribution in [2.24, 2.45) is 0 Å². The van der Waals surface area contributed by atoms with Crippen molar-refractivity contribution in [3.63, 3.8) is 0 Å². The highest BCUT2D eigenvalue weighted by Gasteiger charge is 2.47. The summed E-state index contributed by atoms with van der Waals surface area (Å²) in [6.45, 7) is 12.3. The van der Waals surface area contributed by atoms with E-state index in [0.717, 1.165) is 78.6 Å². The fourth-order valence-electron chi connectivity index (χ4n) is 7.55. The number of aromatic amines is 2. The number of H-pyrrole nitrogens is 2. The maximum Gasteiger partial charge on any atom is 0.233 e. The second kappa shape index (κ2) is 11.1. The number of aromatic nitrogens is 6. The molecule has 1 amide bonds. The molecule has 1 aromatic carbocycles. The van der Waals surface area contributed by atoms with E-state index in [-0.39, 0.29) is 11.8 Å². The van der Waals surface area contributed by atoms with Crippen LogP contribution in [0.1, 0.15) is 80.2 Å². The van der Waals surface area contributed by atoms with Gasteiger partial charge in [0.2, 0.25) is 11.6 Å². The van der Waals surface area contributed by atoms with Crippen LogP contribution in [0.4, 0.5) is 0 Å². The first-order valence-corrected chi connectivity index (χ1v) is 16.0. The molecule has 44 heavy (non-hydrogen) atoms. The third-order valence-corrected chi connectivity index (χ3v) is 9.91. The number of rotatable bonds is 9. The second-order valence-corrected chi connectivity index (χ2v) is 13.6. The summed E-state index contributed by atoms with van der Waals surface area (Å²) in [4.78, 5) is 29.2. The van der Waals surface area contributed by atoms with E-state index in [9.17, 15) is 4.79 Å². The van der Waals surface area contributed by atoms with Gasteiger partial charge in [-0.15, -0.1) is 5.10 Å². The zero-order valence-corrected chi connectivity index (χ0v) is 26.4. The molecule has 0 radical (unpaired) electrons. The van der Waals surface area contributed by atoms with E-state index in [1.54, 1.807) is 0 Å². The second-order valence-electron chi connectivity index (χ2n) is 13.6. The molecular weight excluding hydrogens is 548 g/mol. The van der Waals surface area contributed by atoms with Crippen molar-refractivity contribution in [1.29, 1.82) is 0 Å². The van der Waals surface area contributed by atoms with Gasteiger partial charge in [0, 0.05) is 36.4 Å². The van der Waals surface area contributed by atoms with Gasteiger partial charge in [-0.25, -0.2) is 9.97 Å². The highest BCUT2D eigenvalue weighted by molar-refractivity contribution is 5.93. The van der Waals surface area contributed by atoms with Gasteiger partial charge in [0.1, 0.15) is 11.2 Å². The number of carbonyl (C=O) groups excluding carboxylic acids is 1. The minimum atomic E-state index is -0.651. The monoisotopic (exact) mass is 590 g/mol. The van der Waals surface area contributed by atoms with Gasteiger partial charge in [-0.3, -0.25) is 4.79 Å². The summed E-state index contributed by atoms with van der Waals surface area (Å²) >= 11 is 0. The van der Waals surface area contributed by atoms with Crippen LogP contribution >= 0.6 is 0 Å². The molecule has 1 atom stereocenters. The highest BCUT2D eigenvalue weighted by Crippen LogP contribution is 2.42. The number of pyridine rings is 2. The van der Waals surface area contributed by atoms with Gasteiger partial charge >= 0.3 is 0 Å². The van der Waals surface area contributed by atoms with Gasteiger partial charge in [0.05, 0.1) is 11.1 Å². The van der Waals surface area contributed by atoms with Crippen molar-refractivity contribution >= 4 is 28.1 Å². The normalized spacial score (nSPS) is 19.0. The van der Waals surface area contributed by atoms with Crippen LogP contribution in [0.15, 0.2) is 42.7 Å². The summed E-state index contributed by atoms with van der Waals surface area (Å²) < 4.78 is 0. The summed E-state index contributed by atoms with van der Waals surface area (Å²) in [7, 11) is 0. The fraction of sp³-hybridized carbons (Fsp3) is 0.457. The van der Waals surface area contributed by atoms with E-state index in [4.69, 9.17) is 4.98 Å². The van der Waals surface area contributed by atoms with E-state index in [2.05, 4.69) is 94.5 Å². The number of carbonyl (C=O) groups is 1. The summed E-state index contributed by atoms with van der Waals surface area (Å²) in [5, 5.41) is 15.6. The van der Waals surface area contributed by atoms with Crippen molar-refractivity contribution in [2.45, 2.75) is 90.1 Å². The molecule has 228 valence electrons. The lowest BCUT2D eigenvalue weighted by molar-refractivity contribution is -0.137. The average Bonchev–Trinajstić information content (AvgIpc) is 3.80. The SMILES string of the molecule is Cc1cc(C)cc(-c2[nH]c3ncc(C(C)(C)C(=O)N4C5CCC4CC5)cc3c2C(C)CNCCc2cnc3n[nH]nc3c2)c1. The Hall–Kier alpha value is -4.11. The Morgan fingerprint density at radius 1 is 1.00 bits per heavy atom.